The second-order valence-electron chi connectivity index (χ2n) is 6.57. The first-order valence-electron chi connectivity index (χ1n) is 7.78. The Balaban J connectivity index is 2.12. The number of rotatable bonds is 7. The van der Waals surface area contributed by atoms with Gasteiger partial charge in [-0.25, -0.2) is 0 Å². The molecule has 2 nitrogen and oxygen atoms in total. The number of halogens is 1. The van der Waals surface area contributed by atoms with E-state index >= 15 is 0 Å². The molecule has 0 aliphatic heterocycles. The van der Waals surface area contributed by atoms with E-state index in [-0.39, 0.29) is 6.04 Å². The number of hydrogen-bond acceptors (Lipinski definition) is 2. The smallest absolute Gasteiger partial charge is 0.0642 e. The average Bonchev–Trinajstić information content (AvgIpc) is 3.15. The molecule has 0 radical (unpaired) electrons. The van der Waals surface area contributed by atoms with Crippen molar-refractivity contribution in [3.63, 3.8) is 0 Å². The van der Waals surface area contributed by atoms with Gasteiger partial charge in [-0.1, -0.05) is 31.5 Å². The number of benzene rings is 1. The summed E-state index contributed by atoms with van der Waals surface area (Å²) >= 11 is 6.51. The Kier molecular flexibility index (Phi) is 5.34. The summed E-state index contributed by atoms with van der Waals surface area (Å²) in [4.78, 5) is 2.50. The lowest BCUT2D eigenvalue weighted by molar-refractivity contribution is 0.571. The Hall–Kier alpha value is -0.730. The highest BCUT2D eigenvalue weighted by atomic mass is 35.5. The fourth-order valence-corrected chi connectivity index (χ4v) is 2.88. The molecule has 0 bridgehead atoms. The summed E-state index contributed by atoms with van der Waals surface area (Å²) in [6.45, 7) is 7.69. The van der Waals surface area contributed by atoms with Gasteiger partial charge in [0.15, 0.2) is 0 Å². The first kappa shape index (κ1) is 15.7. The molecule has 1 aromatic carbocycles. The van der Waals surface area contributed by atoms with E-state index in [1.54, 1.807) is 0 Å². The third-order valence-electron chi connectivity index (χ3n) is 3.81. The van der Waals surface area contributed by atoms with Gasteiger partial charge in [0.1, 0.15) is 0 Å². The number of anilines is 1. The predicted octanol–water partition coefficient (Wildman–Crippen LogP) is 4.24. The van der Waals surface area contributed by atoms with E-state index in [4.69, 9.17) is 17.3 Å². The van der Waals surface area contributed by atoms with E-state index in [0.717, 1.165) is 23.9 Å². The van der Waals surface area contributed by atoms with Gasteiger partial charge in [-0.05, 0) is 56.2 Å². The summed E-state index contributed by atoms with van der Waals surface area (Å²) < 4.78 is 0. The van der Waals surface area contributed by atoms with Crippen molar-refractivity contribution in [3.05, 3.63) is 28.8 Å². The fraction of sp³-hybridized carbons (Fsp3) is 0.647. The molecular weight excluding hydrogens is 268 g/mol. The summed E-state index contributed by atoms with van der Waals surface area (Å²) in [5, 5.41) is 0.874. The average molecular weight is 295 g/mol. The number of hydrogen-bond donors (Lipinski definition) is 1. The van der Waals surface area contributed by atoms with Crippen LogP contribution in [0.4, 0.5) is 5.69 Å². The largest absolute Gasteiger partial charge is 0.367 e. The fourth-order valence-electron chi connectivity index (χ4n) is 2.57. The maximum atomic E-state index is 6.51. The van der Waals surface area contributed by atoms with Crippen molar-refractivity contribution in [1.82, 2.24) is 0 Å². The van der Waals surface area contributed by atoms with Gasteiger partial charge in [-0.3, -0.25) is 0 Å². The molecule has 112 valence electrons. The molecule has 20 heavy (non-hydrogen) atoms. The zero-order chi connectivity index (χ0) is 14.7. The van der Waals surface area contributed by atoms with Crippen LogP contribution in [-0.2, 0) is 6.42 Å². The number of nitrogens with zero attached hydrogens (tertiary/aromatic N) is 1. The zero-order valence-corrected chi connectivity index (χ0v) is 13.7. The third-order valence-corrected chi connectivity index (χ3v) is 4.12. The van der Waals surface area contributed by atoms with Crippen LogP contribution >= 0.6 is 11.6 Å². The molecular formula is C17H27ClN2. The molecule has 3 heteroatoms. The van der Waals surface area contributed by atoms with E-state index in [2.05, 4.69) is 36.9 Å². The Morgan fingerprint density at radius 2 is 2.00 bits per heavy atom. The molecule has 1 saturated carbocycles. The number of nitrogens with two attached hydrogens (primary N) is 1. The highest BCUT2D eigenvalue weighted by Crippen LogP contribution is 2.36. The minimum absolute atomic E-state index is 0.178. The van der Waals surface area contributed by atoms with Crippen LogP contribution in [0.1, 0.15) is 45.6 Å². The lowest BCUT2D eigenvalue weighted by Gasteiger charge is -2.27. The predicted molar refractivity (Wildman–Crippen MR) is 88.6 cm³/mol. The van der Waals surface area contributed by atoms with Gasteiger partial charge in [-0.2, -0.15) is 0 Å². The minimum Gasteiger partial charge on any atom is -0.367 e. The first-order chi connectivity index (χ1) is 9.47. The second-order valence-corrected chi connectivity index (χ2v) is 6.98. The van der Waals surface area contributed by atoms with E-state index in [0.29, 0.717) is 6.04 Å². The van der Waals surface area contributed by atoms with Crippen molar-refractivity contribution in [2.75, 3.05) is 11.4 Å². The molecule has 0 amide bonds. The SMILES string of the molecule is CC(C)CCN(c1ccc(CC(C)N)cc1Cl)C1CC1. The van der Waals surface area contributed by atoms with E-state index in [1.165, 1.54) is 30.5 Å². The van der Waals surface area contributed by atoms with Crippen molar-refractivity contribution in [1.29, 1.82) is 0 Å². The highest BCUT2D eigenvalue weighted by molar-refractivity contribution is 6.33. The van der Waals surface area contributed by atoms with Crippen molar-refractivity contribution in [2.45, 2.75) is 58.5 Å². The van der Waals surface area contributed by atoms with Gasteiger partial charge in [0.2, 0.25) is 0 Å². The quantitative estimate of drug-likeness (QED) is 0.815. The molecule has 0 saturated heterocycles. The molecule has 1 aliphatic carbocycles. The second kappa shape index (κ2) is 6.82. The molecule has 0 heterocycles. The normalized spacial score (nSPS) is 16.5. The van der Waals surface area contributed by atoms with Crippen LogP contribution in [0.3, 0.4) is 0 Å². The van der Waals surface area contributed by atoms with Crippen LogP contribution in [0.25, 0.3) is 0 Å². The Bertz CT molecular complexity index is 439. The molecule has 1 aromatic rings. The molecule has 2 rings (SSSR count). The van der Waals surface area contributed by atoms with Crippen molar-refractivity contribution in [2.24, 2.45) is 11.7 Å². The summed E-state index contributed by atoms with van der Waals surface area (Å²) in [5.74, 6) is 0.729. The van der Waals surface area contributed by atoms with Gasteiger partial charge in [0.05, 0.1) is 10.7 Å². The van der Waals surface area contributed by atoms with Crippen molar-refractivity contribution in [3.8, 4) is 0 Å². The van der Waals surface area contributed by atoms with Crippen LogP contribution in [0.2, 0.25) is 5.02 Å². The van der Waals surface area contributed by atoms with Crippen molar-refractivity contribution >= 4 is 17.3 Å². The highest BCUT2D eigenvalue weighted by Gasteiger charge is 2.30. The van der Waals surface area contributed by atoms with Gasteiger partial charge in [0, 0.05) is 18.6 Å². The maximum absolute atomic E-state index is 6.51. The molecule has 0 aromatic heterocycles. The molecule has 1 unspecified atom stereocenters. The minimum atomic E-state index is 0.178. The van der Waals surface area contributed by atoms with Crippen LogP contribution in [0, 0.1) is 5.92 Å². The van der Waals surface area contributed by atoms with Gasteiger partial charge < -0.3 is 10.6 Å². The van der Waals surface area contributed by atoms with Crippen molar-refractivity contribution < 1.29 is 0 Å². The van der Waals surface area contributed by atoms with Gasteiger partial charge >= 0.3 is 0 Å². The molecule has 1 atom stereocenters. The topological polar surface area (TPSA) is 29.3 Å². The van der Waals surface area contributed by atoms with E-state index in [9.17, 15) is 0 Å². The summed E-state index contributed by atoms with van der Waals surface area (Å²) in [5.41, 5.74) is 8.29. The standard InChI is InChI=1S/C17H27ClN2/c1-12(2)8-9-20(15-5-6-15)17-7-4-14(10-13(3)19)11-16(17)18/h4,7,11-13,15H,5-6,8-10,19H2,1-3H3. The Morgan fingerprint density at radius 3 is 2.50 bits per heavy atom. The van der Waals surface area contributed by atoms with Crippen LogP contribution < -0.4 is 10.6 Å². The molecule has 1 aliphatic rings. The monoisotopic (exact) mass is 294 g/mol. The van der Waals surface area contributed by atoms with Crippen LogP contribution in [-0.4, -0.2) is 18.6 Å². The van der Waals surface area contributed by atoms with Gasteiger partial charge in [-0.15, -0.1) is 0 Å². The molecule has 1 fully saturated rings. The summed E-state index contributed by atoms with van der Waals surface area (Å²) in [6.07, 6.45) is 4.70. The Labute approximate surface area is 128 Å². The first-order valence-corrected chi connectivity index (χ1v) is 8.15. The lowest BCUT2D eigenvalue weighted by Crippen LogP contribution is -2.28. The Morgan fingerprint density at radius 1 is 1.30 bits per heavy atom. The van der Waals surface area contributed by atoms with Crippen LogP contribution in [0.5, 0.6) is 0 Å². The maximum Gasteiger partial charge on any atom is 0.0642 e. The van der Waals surface area contributed by atoms with E-state index < -0.39 is 0 Å². The lowest BCUT2D eigenvalue weighted by atomic mass is 10.1. The summed E-state index contributed by atoms with van der Waals surface area (Å²) in [6, 6.07) is 7.32. The molecule has 0 spiro atoms. The van der Waals surface area contributed by atoms with Gasteiger partial charge in [0.25, 0.3) is 0 Å². The zero-order valence-electron chi connectivity index (χ0n) is 12.9. The summed E-state index contributed by atoms with van der Waals surface area (Å²) in [7, 11) is 0. The van der Waals surface area contributed by atoms with E-state index in [1.807, 2.05) is 6.92 Å². The molecule has 2 N–H and O–H groups in total. The third kappa shape index (κ3) is 4.39. The van der Waals surface area contributed by atoms with Crippen LogP contribution in [0.15, 0.2) is 18.2 Å².